The third-order valence-electron chi connectivity index (χ3n) is 5.32. The van der Waals surface area contributed by atoms with Crippen LogP contribution < -0.4 is 0 Å². The van der Waals surface area contributed by atoms with E-state index in [0.717, 1.165) is 66.3 Å². The van der Waals surface area contributed by atoms with Gasteiger partial charge < -0.3 is 4.74 Å². The molecule has 4 aromatic rings. The zero-order valence-electron chi connectivity index (χ0n) is 15.8. The molecule has 1 aliphatic rings. The van der Waals surface area contributed by atoms with Crippen LogP contribution in [0.1, 0.15) is 31.5 Å². The molecule has 0 atom stereocenters. The van der Waals surface area contributed by atoms with E-state index in [2.05, 4.69) is 33.8 Å². The summed E-state index contributed by atoms with van der Waals surface area (Å²) in [4.78, 5) is 9.13. The molecule has 0 radical (unpaired) electrons. The van der Waals surface area contributed by atoms with Gasteiger partial charge in [0.05, 0.1) is 35.0 Å². The Morgan fingerprint density at radius 3 is 2.64 bits per heavy atom. The second-order valence-electron chi connectivity index (χ2n) is 6.99. The maximum atomic E-state index is 5.54. The Morgan fingerprint density at radius 2 is 1.86 bits per heavy atom. The third kappa shape index (κ3) is 2.88. The number of aryl methyl sites for hydroxylation is 1. The highest BCUT2D eigenvalue weighted by atomic mass is 16.5. The molecule has 28 heavy (non-hydrogen) atoms. The molecule has 0 aromatic carbocycles. The summed E-state index contributed by atoms with van der Waals surface area (Å²) in [5.74, 6) is 0. The summed E-state index contributed by atoms with van der Waals surface area (Å²) >= 11 is 0. The highest BCUT2D eigenvalue weighted by Crippen LogP contribution is 2.29. The monoisotopic (exact) mass is 374 g/mol. The van der Waals surface area contributed by atoms with Gasteiger partial charge in [-0.1, -0.05) is 6.92 Å². The minimum Gasteiger partial charge on any atom is -0.381 e. The van der Waals surface area contributed by atoms with Crippen molar-refractivity contribution in [3.8, 4) is 17.1 Å². The van der Waals surface area contributed by atoms with Crippen LogP contribution >= 0.6 is 0 Å². The molecule has 0 spiro atoms. The van der Waals surface area contributed by atoms with E-state index in [0.29, 0.717) is 6.04 Å². The lowest BCUT2D eigenvalue weighted by molar-refractivity contribution is 0.0672. The molecule has 0 aliphatic carbocycles. The lowest BCUT2D eigenvalue weighted by Crippen LogP contribution is -2.21. The van der Waals surface area contributed by atoms with Crippen molar-refractivity contribution in [2.24, 2.45) is 0 Å². The van der Waals surface area contributed by atoms with E-state index < -0.39 is 0 Å². The molecule has 1 fully saturated rings. The molecule has 7 heteroatoms. The van der Waals surface area contributed by atoms with E-state index >= 15 is 0 Å². The average molecular weight is 374 g/mol. The predicted octanol–water partition coefficient (Wildman–Crippen LogP) is 3.59. The Labute approximate surface area is 163 Å². The van der Waals surface area contributed by atoms with Gasteiger partial charge in [0.25, 0.3) is 0 Å². The molecule has 0 unspecified atom stereocenters. The normalized spacial score (nSPS) is 15.3. The van der Waals surface area contributed by atoms with Crippen molar-refractivity contribution in [1.29, 1.82) is 0 Å². The summed E-state index contributed by atoms with van der Waals surface area (Å²) in [5.41, 5.74) is 4.85. The fraction of sp³-hybridized carbons (Fsp3) is 0.333. The van der Waals surface area contributed by atoms with Gasteiger partial charge in [-0.05, 0) is 49.6 Å². The lowest BCUT2D eigenvalue weighted by atomic mass is 10.1. The summed E-state index contributed by atoms with van der Waals surface area (Å²) in [6, 6.07) is 10.4. The van der Waals surface area contributed by atoms with Gasteiger partial charge in [0.15, 0.2) is 5.65 Å². The van der Waals surface area contributed by atoms with Crippen molar-refractivity contribution in [1.82, 2.24) is 29.5 Å². The van der Waals surface area contributed by atoms with Gasteiger partial charge in [-0.15, -0.1) is 0 Å². The molecule has 1 saturated heterocycles. The maximum Gasteiger partial charge on any atom is 0.159 e. The van der Waals surface area contributed by atoms with Crippen LogP contribution in [0, 0.1) is 0 Å². The Hall–Kier alpha value is -3.06. The van der Waals surface area contributed by atoms with E-state index in [-0.39, 0.29) is 0 Å². The number of hydrogen-bond acceptors (Lipinski definition) is 5. The number of hydrogen-bond donors (Lipinski definition) is 0. The number of pyridine rings is 2. The Morgan fingerprint density at radius 1 is 1.04 bits per heavy atom. The van der Waals surface area contributed by atoms with Crippen LogP contribution in [0.15, 0.2) is 48.9 Å². The number of nitrogens with zero attached hydrogens (tertiary/aromatic N) is 6. The molecule has 4 aromatic heterocycles. The zero-order chi connectivity index (χ0) is 18.9. The third-order valence-corrected chi connectivity index (χ3v) is 5.32. The first kappa shape index (κ1) is 17.1. The van der Waals surface area contributed by atoms with Crippen molar-refractivity contribution in [3.63, 3.8) is 0 Å². The highest BCUT2D eigenvalue weighted by Gasteiger charge is 2.22. The van der Waals surface area contributed by atoms with Crippen LogP contribution in [0.3, 0.4) is 0 Å². The lowest BCUT2D eigenvalue weighted by Gasteiger charge is -2.22. The second-order valence-corrected chi connectivity index (χ2v) is 6.99. The molecule has 0 bridgehead atoms. The Kier molecular flexibility index (Phi) is 4.37. The van der Waals surface area contributed by atoms with Gasteiger partial charge >= 0.3 is 0 Å². The van der Waals surface area contributed by atoms with E-state index in [4.69, 9.17) is 14.8 Å². The van der Waals surface area contributed by atoms with Crippen molar-refractivity contribution < 1.29 is 4.74 Å². The largest absolute Gasteiger partial charge is 0.381 e. The first-order valence-electron chi connectivity index (χ1n) is 9.76. The summed E-state index contributed by atoms with van der Waals surface area (Å²) in [6.45, 7) is 3.70. The number of aromatic nitrogens is 6. The Bertz CT molecular complexity index is 1090. The van der Waals surface area contributed by atoms with Gasteiger partial charge in [-0.3, -0.25) is 4.98 Å². The second kappa shape index (κ2) is 7.16. The summed E-state index contributed by atoms with van der Waals surface area (Å²) in [5, 5.41) is 10.5. The van der Waals surface area contributed by atoms with Gasteiger partial charge in [-0.2, -0.15) is 10.2 Å². The molecule has 1 aliphatic heterocycles. The minimum absolute atomic E-state index is 0.337. The molecule has 7 nitrogen and oxygen atoms in total. The van der Waals surface area contributed by atoms with Crippen LogP contribution in [0.2, 0.25) is 0 Å². The predicted molar refractivity (Wildman–Crippen MR) is 106 cm³/mol. The smallest absolute Gasteiger partial charge is 0.159 e. The first-order valence-corrected chi connectivity index (χ1v) is 9.76. The van der Waals surface area contributed by atoms with Crippen LogP contribution in [-0.2, 0) is 11.2 Å². The standard InChI is InChI=1S/C21H22N6O/c1-2-18-17-3-4-19(20-7-12-23-26(20)15-5-10-22-11-6-15)24-21(17)27(25-18)16-8-13-28-14-9-16/h3-7,10-12,16H,2,8-9,13-14H2,1H3. The van der Waals surface area contributed by atoms with Crippen LogP contribution in [0.25, 0.3) is 28.1 Å². The molecule has 5 rings (SSSR count). The fourth-order valence-electron chi connectivity index (χ4n) is 3.86. The minimum atomic E-state index is 0.337. The van der Waals surface area contributed by atoms with Gasteiger partial charge in [0.1, 0.15) is 0 Å². The van der Waals surface area contributed by atoms with Gasteiger partial charge in [0.2, 0.25) is 0 Å². The zero-order valence-corrected chi connectivity index (χ0v) is 15.8. The van der Waals surface area contributed by atoms with Crippen molar-refractivity contribution in [2.45, 2.75) is 32.2 Å². The summed E-state index contributed by atoms with van der Waals surface area (Å²) in [6.07, 6.45) is 8.18. The fourth-order valence-corrected chi connectivity index (χ4v) is 3.86. The average Bonchev–Trinajstić information content (AvgIpc) is 3.39. The van der Waals surface area contributed by atoms with E-state index in [1.165, 1.54) is 0 Å². The number of ether oxygens (including phenoxy) is 1. The summed E-state index contributed by atoms with van der Waals surface area (Å²) < 4.78 is 9.55. The number of rotatable bonds is 4. The van der Waals surface area contributed by atoms with E-state index in [1.807, 2.05) is 22.9 Å². The topological polar surface area (TPSA) is 70.7 Å². The van der Waals surface area contributed by atoms with Crippen molar-refractivity contribution in [3.05, 3.63) is 54.6 Å². The maximum absolute atomic E-state index is 5.54. The molecule has 0 saturated carbocycles. The Balaban J connectivity index is 1.63. The molecule has 0 amide bonds. The van der Waals surface area contributed by atoms with E-state index in [1.54, 1.807) is 18.6 Å². The van der Waals surface area contributed by atoms with Crippen LogP contribution in [0.4, 0.5) is 0 Å². The van der Waals surface area contributed by atoms with Crippen molar-refractivity contribution >= 4 is 11.0 Å². The molecule has 142 valence electrons. The van der Waals surface area contributed by atoms with Crippen LogP contribution in [-0.4, -0.2) is 42.7 Å². The SMILES string of the molecule is CCc1nn(C2CCOCC2)c2nc(-c3ccnn3-c3ccncc3)ccc12. The highest BCUT2D eigenvalue weighted by molar-refractivity contribution is 5.81. The van der Waals surface area contributed by atoms with Crippen molar-refractivity contribution in [2.75, 3.05) is 13.2 Å². The molecular formula is C21H22N6O. The quantitative estimate of drug-likeness (QED) is 0.546. The molecular weight excluding hydrogens is 352 g/mol. The summed E-state index contributed by atoms with van der Waals surface area (Å²) in [7, 11) is 0. The van der Waals surface area contributed by atoms with Gasteiger partial charge in [-0.25, -0.2) is 14.3 Å². The van der Waals surface area contributed by atoms with Crippen LogP contribution in [0.5, 0.6) is 0 Å². The molecule has 0 N–H and O–H groups in total. The van der Waals surface area contributed by atoms with E-state index in [9.17, 15) is 0 Å². The molecule has 5 heterocycles. The number of fused-ring (bicyclic) bond motifs is 1. The van der Waals surface area contributed by atoms with Gasteiger partial charge in [0, 0.05) is 31.0 Å². The first-order chi connectivity index (χ1) is 13.8.